The maximum Gasteiger partial charge on any atom is 0.340 e. The second-order valence-electron chi connectivity index (χ2n) is 4.71. The molecule has 1 aliphatic heterocycles. The molecule has 9 nitrogen and oxygen atoms in total. The number of H-pyrrole nitrogens is 1. The summed E-state index contributed by atoms with van der Waals surface area (Å²) >= 11 is 0. The Morgan fingerprint density at radius 2 is 2.19 bits per heavy atom. The number of nitrogens with one attached hydrogen (secondary N) is 1. The first-order valence-corrected chi connectivity index (χ1v) is 7.63. The zero-order valence-electron chi connectivity index (χ0n) is 11.1. The topological polar surface area (TPSA) is 121 Å². The largest absolute Gasteiger partial charge is 0.478 e. The smallest absolute Gasteiger partial charge is 0.340 e. The van der Waals surface area contributed by atoms with Crippen molar-refractivity contribution >= 4 is 16.0 Å². The van der Waals surface area contributed by atoms with Gasteiger partial charge in [0.15, 0.2) is 0 Å². The lowest BCUT2D eigenvalue weighted by atomic mass is 10.3. The van der Waals surface area contributed by atoms with E-state index >= 15 is 0 Å². The molecule has 112 valence electrons. The van der Waals surface area contributed by atoms with Gasteiger partial charge in [0, 0.05) is 31.2 Å². The number of carbonyl (C=O) groups is 1. The van der Waals surface area contributed by atoms with E-state index in [2.05, 4.69) is 15.2 Å². The standard InChI is InChI=1S/C11H13N5O4S/c1-7-9(11(17)18)10(14-13-7)21(19,20)16-5-4-15-3-2-12-8(15)6-16/h2-3H,4-6H2,1H3,(H,13,14)(H,17,18). The third kappa shape index (κ3) is 2.12. The normalized spacial score (nSPS) is 15.9. The van der Waals surface area contributed by atoms with Gasteiger partial charge in [-0.25, -0.2) is 18.2 Å². The van der Waals surface area contributed by atoms with E-state index in [-0.39, 0.29) is 24.3 Å². The highest BCUT2D eigenvalue weighted by Gasteiger charge is 2.35. The van der Waals surface area contributed by atoms with Gasteiger partial charge in [-0.2, -0.15) is 9.40 Å². The minimum atomic E-state index is -3.98. The predicted octanol–water partition coefficient (Wildman–Crippen LogP) is -0.183. The minimum absolute atomic E-state index is 0.0975. The van der Waals surface area contributed by atoms with E-state index in [0.29, 0.717) is 12.4 Å². The van der Waals surface area contributed by atoms with Crippen LogP contribution >= 0.6 is 0 Å². The first-order valence-electron chi connectivity index (χ1n) is 6.19. The van der Waals surface area contributed by atoms with Gasteiger partial charge in [-0.1, -0.05) is 0 Å². The van der Waals surface area contributed by atoms with Crippen LogP contribution in [0.2, 0.25) is 0 Å². The van der Waals surface area contributed by atoms with Crippen molar-refractivity contribution in [3.05, 3.63) is 29.5 Å². The molecular formula is C11H13N5O4S. The molecule has 21 heavy (non-hydrogen) atoms. The molecule has 2 N–H and O–H groups in total. The Labute approximate surface area is 120 Å². The molecule has 0 radical (unpaired) electrons. The summed E-state index contributed by atoms with van der Waals surface area (Å²) in [5, 5.41) is 14.8. The number of hydrogen-bond donors (Lipinski definition) is 2. The van der Waals surface area contributed by atoms with E-state index in [9.17, 15) is 13.2 Å². The molecule has 0 unspecified atom stereocenters. The number of sulfonamides is 1. The van der Waals surface area contributed by atoms with Crippen LogP contribution in [0.3, 0.4) is 0 Å². The van der Waals surface area contributed by atoms with Gasteiger partial charge in [-0.05, 0) is 6.92 Å². The van der Waals surface area contributed by atoms with Crippen LogP contribution in [0.25, 0.3) is 0 Å². The number of imidazole rings is 1. The molecular weight excluding hydrogens is 298 g/mol. The second kappa shape index (κ2) is 4.67. The van der Waals surface area contributed by atoms with Crippen LogP contribution in [0, 0.1) is 6.92 Å². The Kier molecular flexibility index (Phi) is 3.06. The molecule has 0 amide bonds. The van der Waals surface area contributed by atoms with E-state index in [1.54, 1.807) is 12.4 Å². The molecule has 0 atom stereocenters. The van der Waals surface area contributed by atoms with E-state index in [0.717, 1.165) is 0 Å². The van der Waals surface area contributed by atoms with Crippen LogP contribution < -0.4 is 0 Å². The molecule has 2 aromatic heterocycles. The van der Waals surface area contributed by atoms with E-state index < -0.39 is 21.0 Å². The van der Waals surface area contributed by atoms with Gasteiger partial charge in [0.05, 0.1) is 6.54 Å². The zero-order valence-corrected chi connectivity index (χ0v) is 12.0. The quantitative estimate of drug-likeness (QED) is 0.811. The number of hydrogen-bond acceptors (Lipinski definition) is 5. The van der Waals surface area contributed by atoms with Gasteiger partial charge in [0.25, 0.3) is 10.0 Å². The maximum atomic E-state index is 12.6. The van der Waals surface area contributed by atoms with Gasteiger partial charge in [-0.15, -0.1) is 0 Å². The van der Waals surface area contributed by atoms with Gasteiger partial charge < -0.3 is 9.67 Å². The van der Waals surface area contributed by atoms with Crippen molar-refractivity contribution in [1.82, 2.24) is 24.1 Å². The first kappa shape index (κ1) is 13.8. The molecule has 3 rings (SSSR count). The third-order valence-corrected chi connectivity index (χ3v) is 5.20. The number of carboxylic acid groups (broad SMARTS) is 1. The highest BCUT2D eigenvalue weighted by Crippen LogP contribution is 2.23. The van der Waals surface area contributed by atoms with E-state index in [1.165, 1.54) is 11.2 Å². The fraction of sp³-hybridized carbons (Fsp3) is 0.364. The highest BCUT2D eigenvalue weighted by atomic mass is 32.2. The summed E-state index contributed by atoms with van der Waals surface area (Å²) in [6, 6.07) is 0. The molecule has 2 aromatic rings. The average Bonchev–Trinajstić information content (AvgIpc) is 3.03. The Bertz CT molecular complexity index is 806. The predicted molar refractivity (Wildman–Crippen MR) is 70.1 cm³/mol. The van der Waals surface area contributed by atoms with E-state index in [1.807, 2.05) is 4.57 Å². The first-order chi connectivity index (χ1) is 9.91. The van der Waals surface area contributed by atoms with Crippen LogP contribution in [0.5, 0.6) is 0 Å². The van der Waals surface area contributed by atoms with Gasteiger partial charge in [0.2, 0.25) is 5.03 Å². The number of fused-ring (bicyclic) bond motifs is 1. The van der Waals surface area contributed by atoms with E-state index in [4.69, 9.17) is 5.11 Å². The van der Waals surface area contributed by atoms with Crippen LogP contribution in [0.15, 0.2) is 17.4 Å². The Balaban J connectivity index is 2.01. The number of aromatic nitrogens is 4. The molecule has 3 heterocycles. The number of aromatic amines is 1. The fourth-order valence-corrected chi connectivity index (χ4v) is 3.84. The van der Waals surface area contributed by atoms with Crippen molar-refractivity contribution in [1.29, 1.82) is 0 Å². The lowest BCUT2D eigenvalue weighted by Gasteiger charge is -2.26. The van der Waals surface area contributed by atoms with Crippen molar-refractivity contribution in [2.75, 3.05) is 6.54 Å². The summed E-state index contributed by atoms with van der Waals surface area (Å²) in [6.07, 6.45) is 3.38. The number of aryl methyl sites for hydroxylation is 1. The summed E-state index contributed by atoms with van der Waals surface area (Å²) in [6.45, 7) is 2.29. The van der Waals surface area contributed by atoms with Crippen molar-refractivity contribution in [3.63, 3.8) is 0 Å². The molecule has 0 fully saturated rings. The van der Waals surface area contributed by atoms with Crippen LogP contribution in [0.1, 0.15) is 21.9 Å². The number of nitrogens with zero attached hydrogens (tertiary/aromatic N) is 4. The summed E-state index contributed by atoms with van der Waals surface area (Å²) in [4.78, 5) is 15.3. The molecule has 0 saturated heterocycles. The van der Waals surface area contributed by atoms with Crippen LogP contribution in [0.4, 0.5) is 0 Å². The zero-order chi connectivity index (χ0) is 15.2. The van der Waals surface area contributed by atoms with Crippen LogP contribution in [-0.2, 0) is 23.1 Å². The molecule has 0 bridgehead atoms. The fourth-order valence-electron chi connectivity index (χ4n) is 2.32. The molecule has 0 aromatic carbocycles. The molecule has 10 heteroatoms. The van der Waals surface area contributed by atoms with Gasteiger partial charge in [-0.3, -0.25) is 5.10 Å². The SMILES string of the molecule is Cc1[nH]nc(S(=O)(=O)N2CCn3ccnc3C2)c1C(=O)O. The highest BCUT2D eigenvalue weighted by molar-refractivity contribution is 7.89. The Morgan fingerprint density at radius 1 is 1.43 bits per heavy atom. The van der Waals surface area contributed by atoms with Crippen molar-refractivity contribution < 1.29 is 18.3 Å². The molecule has 0 spiro atoms. The number of rotatable bonds is 3. The molecule has 1 aliphatic rings. The summed E-state index contributed by atoms with van der Waals surface area (Å²) < 4.78 is 28.3. The monoisotopic (exact) mass is 311 g/mol. The summed E-state index contributed by atoms with van der Waals surface area (Å²) in [5.41, 5.74) is -0.108. The maximum absolute atomic E-state index is 12.6. The van der Waals surface area contributed by atoms with Crippen LogP contribution in [-0.4, -0.2) is 50.1 Å². The average molecular weight is 311 g/mol. The second-order valence-corrected chi connectivity index (χ2v) is 6.56. The Morgan fingerprint density at radius 3 is 2.90 bits per heavy atom. The summed E-state index contributed by atoms with van der Waals surface area (Å²) in [7, 11) is -3.98. The minimum Gasteiger partial charge on any atom is -0.478 e. The van der Waals surface area contributed by atoms with Crippen molar-refractivity contribution in [2.45, 2.75) is 25.0 Å². The van der Waals surface area contributed by atoms with Crippen molar-refractivity contribution in [2.24, 2.45) is 0 Å². The lowest BCUT2D eigenvalue weighted by Crippen LogP contribution is -2.39. The Hall–Kier alpha value is -2.20. The molecule has 0 aliphatic carbocycles. The summed E-state index contributed by atoms with van der Waals surface area (Å²) in [5.74, 6) is -0.702. The number of carboxylic acids is 1. The molecule has 0 saturated carbocycles. The number of aromatic carboxylic acids is 1. The van der Waals surface area contributed by atoms with Gasteiger partial charge >= 0.3 is 5.97 Å². The van der Waals surface area contributed by atoms with Crippen molar-refractivity contribution in [3.8, 4) is 0 Å². The lowest BCUT2D eigenvalue weighted by molar-refractivity contribution is 0.0691. The van der Waals surface area contributed by atoms with Gasteiger partial charge in [0.1, 0.15) is 11.4 Å². The third-order valence-electron chi connectivity index (χ3n) is 3.42.